The molecular weight excluding hydrogens is 410 g/mol. The maximum Gasteiger partial charge on any atom is 0.260 e. The Kier molecular flexibility index (Phi) is 6.21. The van der Waals surface area contributed by atoms with Crippen LogP contribution in [0.15, 0.2) is 47.4 Å². The molecule has 0 radical (unpaired) electrons. The van der Waals surface area contributed by atoms with E-state index in [9.17, 15) is 13.2 Å². The molecule has 0 unspecified atom stereocenters. The highest BCUT2D eigenvalue weighted by Gasteiger charge is 2.22. The van der Waals surface area contributed by atoms with Crippen LogP contribution in [0.25, 0.3) is 10.2 Å². The molecule has 0 atom stereocenters. The van der Waals surface area contributed by atoms with Crippen molar-refractivity contribution in [3.8, 4) is 5.75 Å². The quantitative estimate of drug-likeness (QED) is 0.570. The summed E-state index contributed by atoms with van der Waals surface area (Å²) in [6, 6.07) is 11.6. The van der Waals surface area contributed by atoms with E-state index in [2.05, 4.69) is 4.98 Å². The summed E-state index contributed by atoms with van der Waals surface area (Å²) in [6.45, 7) is 1.10. The normalized spacial score (nSPS) is 11.8. The molecule has 1 heterocycles. The predicted octanol–water partition coefficient (Wildman–Crippen LogP) is 2.92. The Morgan fingerprint density at radius 1 is 1.10 bits per heavy atom. The van der Waals surface area contributed by atoms with Crippen LogP contribution in [0.4, 0.5) is 5.13 Å². The number of hydrogen-bond donors (Lipinski definition) is 0. The maximum absolute atomic E-state index is 13.2. The number of sulfone groups is 1. The molecule has 9 heteroatoms. The van der Waals surface area contributed by atoms with Crippen LogP contribution in [0, 0.1) is 0 Å². The number of carbonyl (C=O) groups excluding carboxylic acids is 1. The highest BCUT2D eigenvalue weighted by atomic mass is 32.2. The molecule has 1 aromatic heterocycles. The van der Waals surface area contributed by atoms with Gasteiger partial charge in [0.1, 0.15) is 11.3 Å². The van der Waals surface area contributed by atoms with Crippen LogP contribution >= 0.6 is 11.3 Å². The highest BCUT2D eigenvalue weighted by molar-refractivity contribution is 7.90. The molecule has 0 aliphatic carbocycles. The molecule has 29 heavy (non-hydrogen) atoms. The van der Waals surface area contributed by atoms with E-state index in [0.717, 1.165) is 11.0 Å². The zero-order chi connectivity index (χ0) is 21.2. The standard InChI is InChI=1S/C20H23N3O4S2/c1-22(2)12-13-23(19(24)14-8-10-15(11-9-14)29(4,25)26)20-21-18-16(27-3)6-5-7-17(18)28-20/h5-11H,12-13H2,1-4H3. The van der Waals surface area contributed by atoms with E-state index in [0.29, 0.717) is 35.1 Å². The molecule has 3 rings (SSSR count). The molecule has 0 aliphatic heterocycles. The number of ether oxygens (including phenoxy) is 1. The number of rotatable bonds is 7. The van der Waals surface area contributed by atoms with Crippen molar-refractivity contribution in [3.63, 3.8) is 0 Å². The third-order valence-corrected chi connectivity index (χ3v) is 6.54. The minimum atomic E-state index is -3.32. The van der Waals surface area contributed by atoms with Crippen molar-refractivity contribution in [1.82, 2.24) is 9.88 Å². The Hall–Kier alpha value is -2.49. The zero-order valence-electron chi connectivity index (χ0n) is 16.7. The second-order valence-electron chi connectivity index (χ2n) is 6.86. The van der Waals surface area contributed by atoms with E-state index in [4.69, 9.17) is 4.74 Å². The van der Waals surface area contributed by atoms with E-state index < -0.39 is 9.84 Å². The molecule has 0 N–H and O–H groups in total. The summed E-state index contributed by atoms with van der Waals surface area (Å²) in [5, 5.41) is 0.573. The number of fused-ring (bicyclic) bond motifs is 1. The van der Waals surface area contributed by atoms with Gasteiger partial charge in [-0.1, -0.05) is 17.4 Å². The third-order valence-electron chi connectivity index (χ3n) is 4.37. The Morgan fingerprint density at radius 3 is 2.38 bits per heavy atom. The lowest BCUT2D eigenvalue weighted by atomic mass is 10.2. The minimum absolute atomic E-state index is 0.179. The number of para-hydroxylation sites is 1. The lowest BCUT2D eigenvalue weighted by Gasteiger charge is -2.22. The van der Waals surface area contributed by atoms with Gasteiger partial charge in [0.05, 0.1) is 16.7 Å². The summed E-state index contributed by atoms with van der Waals surface area (Å²) < 4.78 is 29.7. The fourth-order valence-corrected chi connectivity index (χ4v) is 4.41. The summed E-state index contributed by atoms with van der Waals surface area (Å²) in [4.78, 5) is 21.7. The molecule has 154 valence electrons. The van der Waals surface area contributed by atoms with Gasteiger partial charge < -0.3 is 9.64 Å². The largest absolute Gasteiger partial charge is 0.494 e. The first kappa shape index (κ1) is 21.2. The smallest absolute Gasteiger partial charge is 0.260 e. The molecule has 0 spiro atoms. The van der Waals surface area contributed by atoms with Crippen LogP contribution in [-0.2, 0) is 9.84 Å². The van der Waals surface area contributed by atoms with Crippen LogP contribution in [0.1, 0.15) is 10.4 Å². The molecule has 0 aliphatic rings. The van der Waals surface area contributed by atoms with E-state index in [1.807, 2.05) is 37.2 Å². The van der Waals surface area contributed by atoms with Crippen LogP contribution in [0.2, 0.25) is 0 Å². The predicted molar refractivity (Wildman–Crippen MR) is 116 cm³/mol. The summed E-state index contributed by atoms with van der Waals surface area (Å²) in [6.07, 6.45) is 1.14. The zero-order valence-corrected chi connectivity index (χ0v) is 18.4. The van der Waals surface area contributed by atoms with Crippen molar-refractivity contribution in [2.75, 3.05) is 45.5 Å². The number of hydrogen-bond acceptors (Lipinski definition) is 7. The second-order valence-corrected chi connectivity index (χ2v) is 9.88. The minimum Gasteiger partial charge on any atom is -0.494 e. The van der Waals surface area contributed by atoms with Gasteiger partial charge in [0.2, 0.25) is 0 Å². The molecule has 7 nitrogen and oxygen atoms in total. The summed E-state index contributed by atoms with van der Waals surface area (Å²) >= 11 is 1.42. The number of anilines is 1. The number of aromatic nitrogens is 1. The highest BCUT2D eigenvalue weighted by Crippen LogP contribution is 2.34. The molecular formula is C20H23N3O4S2. The number of benzene rings is 2. The van der Waals surface area contributed by atoms with Crippen LogP contribution < -0.4 is 9.64 Å². The first-order chi connectivity index (χ1) is 13.7. The number of nitrogens with zero attached hydrogens (tertiary/aromatic N) is 3. The Morgan fingerprint density at radius 2 is 1.79 bits per heavy atom. The van der Waals surface area contributed by atoms with Gasteiger partial charge in [-0.05, 0) is 50.5 Å². The number of likely N-dealkylation sites (N-methyl/N-ethyl adjacent to an activating group) is 1. The first-order valence-corrected chi connectivity index (χ1v) is 11.6. The van der Waals surface area contributed by atoms with E-state index in [1.54, 1.807) is 12.0 Å². The average Bonchev–Trinajstić information content (AvgIpc) is 3.11. The molecule has 1 amide bonds. The van der Waals surface area contributed by atoms with Crippen molar-refractivity contribution in [2.24, 2.45) is 0 Å². The maximum atomic E-state index is 13.2. The van der Waals surface area contributed by atoms with Crippen molar-refractivity contribution in [2.45, 2.75) is 4.90 Å². The number of amides is 1. The fourth-order valence-electron chi connectivity index (χ4n) is 2.78. The first-order valence-electron chi connectivity index (χ1n) is 8.91. The molecule has 3 aromatic rings. The van der Waals surface area contributed by atoms with Gasteiger partial charge in [0, 0.05) is 24.9 Å². The van der Waals surface area contributed by atoms with Crippen LogP contribution in [-0.4, -0.2) is 64.8 Å². The summed E-state index contributed by atoms with van der Waals surface area (Å²) in [5.41, 5.74) is 1.12. The molecule has 0 bridgehead atoms. The topological polar surface area (TPSA) is 79.8 Å². The monoisotopic (exact) mass is 433 g/mol. The number of carbonyl (C=O) groups is 1. The van der Waals surface area contributed by atoms with Gasteiger partial charge in [-0.25, -0.2) is 13.4 Å². The van der Waals surface area contributed by atoms with E-state index in [1.165, 1.54) is 35.6 Å². The lowest BCUT2D eigenvalue weighted by molar-refractivity contribution is 0.0985. The number of methoxy groups -OCH3 is 1. The van der Waals surface area contributed by atoms with Gasteiger partial charge >= 0.3 is 0 Å². The van der Waals surface area contributed by atoms with Crippen molar-refractivity contribution < 1.29 is 17.9 Å². The van der Waals surface area contributed by atoms with Crippen LogP contribution in [0.3, 0.4) is 0 Å². The van der Waals surface area contributed by atoms with Gasteiger partial charge in [-0.15, -0.1) is 0 Å². The SMILES string of the molecule is COc1cccc2sc(N(CCN(C)C)C(=O)c3ccc(S(C)(=O)=O)cc3)nc12. The van der Waals surface area contributed by atoms with Gasteiger partial charge in [-0.3, -0.25) is 9.69 Å². The lowest BCUT2D eigenvalue weighted by Crippen LogP contribution is -2.36. The molecule has 0 saturated carbocycles. The van der Waals surface area contributed by atoms with E-state index >= 15 is 0 Å². The Balaban J connectivity index is 2.00. The van der Waals surface area contributed by atoms with Crippen molar-refractivity contribution >= 4 is 42.4 Å². The molecule has 0 fully saturated rings. The molecule has 0 saturated heterocycles. The summed E-state index contributed by atoms with van der Waals surface area (Å²) in [5.74, 6) is 0.424. The van der Waals surface area contributed by atoms with Gasteiger partial charge in [-0.2, -0.15) is 0 Å². The number of thiazole rings is 1. The van der Waals surface area contributed by atoms with Gasteiger partial charge in [0.25, 0.3) is 5.91 Å². The van der Waals surface area contributed by atoms with Crippen LogP contribution in [0.5, 0.6) is 5.75 Å². The van der Waals surface area contributed by atoms with Crippen molar-refractivity contribution in [1.29, 1.82) is 0 Å². The Bertz CT molecular complexity index is 1120. The van der Waals surface area contributed by atoms with Gasteiger partial charge in [0.15, 0.2) is 15.0 Å². The van der Waals surface area contributed by atoms with Crippen molar-refractivity contribution in [3.05, 3.63) is 48.0 Å². The van der Waals surface area contributed by atoms with E-state index in [-0.39, 0.29) is 10.8 Å². The second kappa shape index (κ2) is 8.48. The average molecular weight is 434 g/mol. The third kappa shape index (κ3) is 4.75. The fraction of sp³-hybridized carbons (Fsp3) is 0.300. The molecule has 2 aromatic carbocycles. The summed E-state index contributed by atoms with van der Waals surface area (Å²) in [7, 11) is 2.14. The Labute approximate surface area is 174 Å².